The average Bonchev–Trinajstić information content (AvgIpc) is 3.26. The van der Waals surface area contributed by atoms with Crippen LogP contribution in [-0.2, 0) is 24.1 Å². The molecule has 0 spiro atoms. The van der Waals surface area contributed by atoms with E-state index >= 15 is 0 Å². The highest BCUT2D eigenvalue weighted by molar-refractivity contribution is 6.06. The summed E-state index contributed by atoms with van der Waals surface area (Å²) in [6, 6.07) is 21.3. The summed E-state index contributed by atoms with van der Waals surface area (Å²) in [7, 11) is 0. The van der Waals surface area contributed by atoms with E-state index in [-0.39, 0.29) is 11.8 Å². The van der Waals surface area contributed by atoms with Gasteiger partial charge in [-0.3, -0.25) is 9.59 Å². The summed E-state index contributed by atoms with van der Waals surface area (Å²) in [6.45, 7) is 3.92. The van der Waals surface area contributed by atoms with Crippen LogP contribution < -0.4 is 10.6 Å². The highest BCUT2D eigenvalue weighted by atomic mass is 16.2. The molecule has 0 fully saturated rings. The quantitative estimate of drug-likeness (QED) is 0.338. The van der Waals surface area contributed by atoms with Gasteiger partial charge in [0.2, 0.25) is 5.91 Å². The van der Waals surface area contributed by atoms with E-state index in [2.05, 4.69) is 27.5 Å². The highest BCUT2D eigenvalue weighted by Gasteiger charge is 2.10. The van der Waals surface area contributed by atoms with Gasteiger partial charge in [-0.2, -0.15) is 0 Å². The second-order valence-electron chi connectivity index (χ2n) is 8.02. The van der Waals surface area contributed by atoms with Crippen molar-refractivity contribution >= 4 is 34.2 Å². The number of amides is 2. The molecule has 0 bridgehead atoms. The predicted molar refractivity (Wildman–Crippen MR) is 133 cm³/mol. The third kappa shape index (κ3) is 5.66. The van der Waals surface area contributed by atoms with Gasteiger partial charge < -0.3 is 15.6 Å². The molecule has 4 rings (SSSR count). The van der Waals surface area contributed by atoms with Gasteiger partial charge in [-0.25, -0.2) is 4.98 Å². The van der Waals surface area contributed by atoms with Gasteiger partial charge in [0.25, 0.3) is 5.91 Å². The second-order valence-corrected chi connectivity index (χ2v) is 8.02. The Morgan fingerprint density at radius 2 is 1.67 bits per heavy atom. The molecule has 2 amide bonds. The first-order valence-electron chi connectivity index (χ1n) is 11.3. The van der Waals surface area contributed by atoms with Crippen molar-refractivity contribution in [3.63, 3.8) is 0 Å². The van der Waals surface area contributed by atoms with E-state index in [0.29, 0.717) is 12.0 Å². The number of aromatic nitrogens is 2. The van der Waals surface area contributed by atoms with Gasteiger partial charge in [0.05, 0.1) is 11.0 Å². The summed E-state index contributed by atoms with van der Waals surface area (Å²) >= 11 is 0. The number of carbonyl (C=O) groups is 2. The number of carbonyl (C=O) groups excluding carboxylic acids is 2. The summed E-state index contributed by atoms with van der Waals surface area (Å²) < 4.78 is 0. The van der Waals surface area contributed by atoms with Crippen molar-refractivity contribution in [3.05, 3.63) is 89.2 Å². The number of rotatable bonds is 8. The molecule has 168 valence electrons. The molecule has 6 heteroatoms. The van der Waals surface area contributed by atoms with Crippen molar-refractivity contribution in [2.24, 2.45) is 0 Å². The van der Waals surface area contributed by atoms with Crippen LogP contribution in [0.25, 0.3) is 11.0 Å². The molecule has 0 aliphatic heterocycles. The fourth-order valence-electron chi connectivity index (χ4n) is 3.66. The molecule has 4 aromatic rings. The summed E-state index contributed by atoms with van der Waals surface area (Å²) in [5.41, 5.74) is 6.22. The first kappa shape index (κ1) is 22.3. The lowest BCUT2D eigenvalue weighted by Crippen LogP contribution is -2.11. The van der Waals surface area contributed by atoms with E-state index in [1.54, 1.807) is 6.07 Å². The molecule has 33 heavy (non-hydrogen) atoms. The van der Waals surface area contributed by atoms with E-state index in [1.165, 1.54) is 11.1 Å². The third-order valence-corrected chi connectivity index (χ3v) is 5.60. The van der Waals surface area contributed by atoms with Crippen molar-refractivity contribution in [1.29, 1.82) is 0 Å². The van der Waals surface area contributed by atoms with Gasteiger partial charge in [-0.05, 0) is 66.4 Å². The minimum Gasteiger partial charge on any atom is -0.342 e. The zero-order valence-corrected chi connectivity index (χ0v) is 18.9. The normalized spacial score (nSPS) is 10.8. The average molecular weight is 441 g/mol. The fourth-order valence-corrected chi connectivity index (χ4v) is 3.66. The van der Waals surface area contributed by atoms with Gasteiger partial charge >= 0.3 is 0 Å². The maximum atomic E-state index is 12.7. The largest absolute Gasteiger partial charge is 0.342 e. The smallest absolute Gasteiger partial charge is 0.255 e. The lowest BCUT2D eigenvalue weighted by Gasteiger charge is -2.06. The van der Waals surface area contributed by atoms with Crippen LogP contribution in [0.15, 0.2) is 66.7 Å². The first-order chi connectivity index (χ1) is 16.0. The first-order valence-corrected chi connectivity index (χ1v) is 11.3. The van der Waals surface area contributed by atoms with Crippen LogP contribution in [0.4, 0.5) is 11.4 Å². The number of imidazole rings is 1. The predicted octanol–water partition coefficient (Wildman–Crippen LogP) is 5.51. The number of fused-ring (bicyclic) bond motifs is 1. The van der Waals surface area contributed by atoms with Gasteiger partial charge in [0.15, 0.2) is 0 Å². The zero-order valence-electron chi connectivity index (χ0n) is 18.9. The number of aryl methyl sites for hydroxylation is 3. The van der Waals surface area contributed by atoms with Crippen molar-refractivity contribution in [2.45, 2.75) is 39.5 Å². The Labute approximate surface area is 193 Å². The number of hydrogen-bond acceptors (Lipinski definition) is 3. The molecular formula is C27H28N4O2. The Hall–Kier alpha value is -3.93. The Balaban J connectivity index is 1.40. The van der Waals surface area contributed by atoms with Crippen LogP contribution in [0.3, 0.4) is 0 Å². The van der Waals surface area contributed by atoms with Gasteiger partial charge in [0.1, 0.15) is 5.82 Å². The van der Waals surface area contributed by atoms with Crippen LogP contribution in [-0.4, -0.2) is 21.8 Å². The zero-order chi connectivity index (χ0) is 23.2. The minimum atomic E-state index is -0.142. The monoisotopic (exact) mass is 440 g/mol. The van der Waals surface area contributed by atoms with Crippen molar-refractivity contribution in [1.82, 2.24) is 9.97 Å². The number of benzene rings is 3. The Kier molecular flexibility index (Phi) is 6.83. The highest BCUT2D eigenvalue weighted by Crippen LogP contribution is 2.18. The topological polar surface area (TPSA) is 86.9 Å². The van der Waals surface area contributed by atoms with Crippen LogP contribution >= 0.6 is 0 Å². The summed E-state index contributed by atoms with van der Waals surface area (Å²) in [4.78, 5) is 32.2. The van der Waals surface area contributed by atoms with E-state index in [0.717, 1.165) is 47.5 Å². The lowest BCUT2D eigenvalue weighted by atomic mass is 10.1. The molecule has 0 radical (unpaired) electrons. The van der Waals surface area contributed by atoms with Crippen LogP contribution in [0.2, 0.25) is 0 Å². The molecule has 0 saturated carbocycles. The maximum absolute atomic E-state index is 12.7. The van der Waals surface area contributed by atoms with Crippen molar-refractivity contribution in [3.8, 4) is 0 Å². The lowest BCUT2D eigenvalue weighted by molar-refractivity contribution is -0.115. The number of nitrogens with one attached hydrogen (secondary N) is 3. The molecule has 0 aliphatic rings. The second kappa shape index (κ2) is 10.1. The van der Waals surface area contributed by atoms with E-state index in [4.69, 9.17) is 0 Å². The number of aromatic amines is 1. The molecule has 0 atom stereocenters. The molecule has 0 unspecified atom stereocenters. The van der Waals surface area contributed by atoms with Crippen LogP contribution in [0, 0.1) is 0 Å². The standard InChI is InChI=1S/C27H28N4O2/c1-3-18-6-5-7-22(16-18)29-27(33)20-11-14-23-24(17-20)31-25(30-23)15-10-19-8-12-21(13-9-19)28-26(32)4-2/h5-9,11-14,16-17H,3-4,10,15H2,1-2H3,(H,28,32)(H,29,33)(H,30,31). The Morgan fingerprint density at radius 3 is 2.42 bits per heavy atom. The molecular weight excluding hydrogens is 412 g/mol. The van der Waals surface area contributed by atoms with Crippen molar-refractivity contribution in [2.75, 3.05) is 10.6 Å². The summed E-state index contributed by atoms with van der Waals surface area (Å²) in [5.74, 6) is 0.741. The maximum Gasteiger partial charge on any atom is 0.255 e. The number of nitrogens with zero attached hydrogens (tertiary/aromatic N) is 1. The van der Waals surface area contributed by atoms with Gasteiger partial charge in [-0.15, -0.1) is 0 Å². The van der Waals surface area contributed by atoms with E-state index in [9.17, 15) is 9.59 Å². The van der Waals surface area contributed by atoms with Gasteiger partial charge in [0, 0.05) is 29.8 Å². The fraction of sp³-hybridized carbons (Fsp3) is 0.222. The molecule has 3 N–H and O–H groups in total. The number of hydrogen-bond donors (Lipinski definition) is 3. The van der Waals surface area contributed by atoms with Crippen LogP contribution in [0.1, 0.15) is 47.6 Å². The minimum absolute atomic E-state index is 0.00700. The molecule has 0 saturated heterocycles. The molecule has 6 nitrogen and oxygen atoms in total. The number of anilines is 2. The summed E-state index contributed by atoms with van der Waals surface area (Å²) in [5, 5.41) is 5.83. The molecule has 0 aliphatic carbocycles. The van der Waals surface area contributed by atoms with E-state index < -0.39 is 0 Å². The van der Waals surface area contributed by atoms with Gasteiger partial charge in [-0.1, -0.05) is 38.1 Å². The Bertz CT molecular complexity index is 1280. The molecule has 3 aromatic carbocycles. The third-order valence-electron chi connectivity index (χ3n) is 5.60. The molecule has 1 heterocycles. The van der Waals surface area contributed by atoms with Crippen molar-refractivity contribution < 1.29 is 9.59 Å². The SMILES string of the molecule is CCC(=O)Nc1ccc(CCc2nc3ccc(C(=O)Nc4cccc(CC)c4)cc3[nH]2)cc1. The van der Waals surface area contributed by atoms with Crippen LogP contribution in [0.5, 0.6) is 0 Å². The van der Waals surface area contributed by atoms with E-state index in [1.807, 2.05) is 67.6 Å². The number of H-pyrrole nitrogens is 1. The Morgan fingerprint density at radius 1 is 0.848 bits per heavy atom. The molecule has 1 aromatic heterocycles. The summed E-state index contributed by atoms with van der Waals surface area (Å²) in [6.07, 6.45) is 2.96.